The summed E-state index contributed by atoms with van der Waals surface area (Å²) in [4.78, 5) is 17.9. The van der Waals surface area contributed by atoms with Gasteiger partial charge in [-0.25, -0.2) is 13.4 Å². The van der Waals surface area contributed by atoms with Crippen LogP contribution in [0.5, 0.6) is 17.2 Å². The number of hydrogen-bond donors (Lipinski definition) is 2. The Morgan fingerprint density at radius 1 is 0.950 bits per heavy atom. The van der Waals surface area contributed by atoms with Crippen molar-refractivity contribution in [2.24, 2.45) is 0 Å². The van der Waals surface area contributed by atoms with Crippen LogP contribution in [0, 0.1) is 6.92 Å². The highest BCUT2D eigenvalue weighted by atomic mass is 32.2. The number of anilines is 3. The standard InChI is InChI=1S/C28H30N4O6S2/c1-18-6-12-25(38-5)26(14-18)40(34,35)32(20-8-10-21(36-3)11-9-20)16-27(33)30-22-15-19(7-13-24(22)37-4)23-17-39-28(29-2)31-23/h6-15,17H,16H2,1-5H3,(H,29,31)(H,30,33). The first kappa shape index (κ1) is 28.7. The van der Waals surface area contributed by atoms with Gasteiger partial charge in [-0.2, -0.15) is 0 Å². The highest BCUT2D eigenvalue weighted by Crippen LogP contribution is 2.34. The van der Waals surface area contributed by atoms with Crippen LogP contribution in [0.15, 0.2) is 70.9 Å². The lowest BCUT2D eigenvalue weighted by Crippen LogP contribution is -2.38. The van der Waals surface area contributed by atoms with E-state index in [9.17, 15) is 13.2 Å². The summed E-state index contributed by atoms with van der Waals surface area (Å²) in [6, 6.07) is 16.6. The Hall–Kier alpha value is -4.29. The van der Waals surface area contributed by atoms with Gasteiger partial charge in [-0.15, -0.1) is 11.3 Å². The van der Waals surface area contributed by atoms with Crippen molar-refractivity contribution >= 4 is 43.8 Å². The molecular weight excluding hydrogens is 552 g/mol. The molecule has 1 amide bonds. The second-order valence-electron chi connectivity index (χ2n) is 8.62. The van der Waals surface area contributed by atoms with Gasteiger partial charge in [-0.1, -0.05) is 6.07 Å². The Balaban J connectivity index is 1.70. The largest absolute Gasteiger partial charge is 0.497 e. The van der Waals surface area contributed by atoms with Gasteiger partial charge >= 0.3 is 0 Å². The van der Waals surface area contributed by atoms with Gasteiger partial charge in [-0.05, 0) is 67.1 Å². The zero-order chi connectivity index (χ0) is 28.9. The quantitative estimate of drug-likeness (QED) is 0.253. The van der Waals surface area contributed by atoms with Crippen LogP contribution in [-0.2, 0) is 14.8 Å². The third-order valence-electron chi connectivity index (χ3n) is 6.02. The molecule has 2 N–H and O–H groups in total. The first-order valence-corrected chi connectivity index (χ1v) is 14.4. The van der Waals surface area contributed by atoms with Gasteiger partial charge < -0.3 is 24.8 Å². The molecule has 0 aliphatic rings. The molecule has 0 aliphatic carbocycles. The Labute approximate surface area is 237 Å². The molecule has 1 heterocycles. The third-order valence-corrected chi connectivity index (χ3v) is 8.68. The van der Waals surface area contributed by atoms with Crippen molar-refractivity contribution < 1.29 is 27.4 Å². The number of aryl methyl sites for hydroxylation is 1. The predicted molar refractivity (Wildman–Crippen MR) is 158 cm³/mol. The Kier molecular flexibility index (Phi) is 8.80. The summed E-state index contributed by atoms with van der Waals surface area (Å²) in [5.74, 6) is 0.558. The van der Waals surface area contributed by atoms with E-state index in [1.165, 1.54) is 38.7 Å². The summed E-state index contributed by atoms with van der Waals surface area (Å²) in [5.41, 5.74) is 2.87. The maximum atomic E-state index is 14.0. The van der Waals surface area contributed by atoms with E-state index in [-0.39, 0.29) is 16.3 Å². The van der Waals surface area contributed by atoms with Gasteiger partial charge in [0.1, 0.15) is 28.7 Å². The van der Waals surface area contributed by atoms with E-state index in [0.29, 0.717) is 17.2 Å². The van der Waals surface area contributed by atoms with Gasteiger partial charge in [0.25, 0.3) is 10.0 Å². The molecule has 0 saturated carbocycles. The molecule has 0 aliphatic heterocycles. The number of aromatic nitrogens is 1. The van der Waals surface area contributed by atoms with Crippen molar-refractivity contribution in [2.45, 2.75) is 11.8 Å². The summed E-state index contributed by atoms with van der Waals surface area (Å²) in [6.45, 7) is 1.27. The summed E-state index contributed by atoms with van der Waals surface area (Å²) in [6.07, 6.45) is 0. The van der Waals surface area contributed by atoms with E-state index in [4.69, 9.17) is 14.2 Å². The first-order chi connectivity index (χ1) is 19.2. The molecule has 12 heteroatoms. The summed E-state index contributed by atoms with van der Waals surface area (Å²) in [5, 5.41) is 8.46. The fraction of sp³-hybridized carbons (Fsp3) is 0.214. The van der Waals surface area contributed by atoms with Crippen molar-refractivity contribution in [2.75, 3.05) is 49.9 Å². The number of sulfonamides is 1. The fourth-order valence-corrected chi connectivity index (χ4v) is 6.32. The van der Waals surface area contributed by atoms with E-state index in [0.717, 1.165) is 26.3 Å². The highest BCUT2D eigenvalue weighted by molar-refractivity contribution is 7.93. The number of nitrogens with zero attached hydrogens (tertiary/aromatic N) is 2. The number of methoxy groups -OCH3 is 3. The van der Waals surface area contributed by atoms with E-state index in [2.05, 4.69) is 15.6 Å². The summed E-state index contributed by atoms with van der Waals surface area (Å²) < 4.78 is 45.1. The van der Waals surface area contributed by atoms with Crippen molar-refractivity contribution in [1.29, 1.82) is 0 Å². The zero-order valence-corrected chi connectivity index (χ0v) is 24.4. The van der Waals surface area contributed by atoms with Crippen LogP contribution in [0.4, 0.5) is 16.5 Å². The molecule has 0 bridgehead atoms. The number of hydrogen-bond acceptors (Lipinski definition) is 9. The van der Waals surface area contributed by atoms with Crippen LogP contribution in [0.2, 0.25) is 0 Å². The van der Waals surface area contributed by atoms with Crippen molar-refractivity contribution in [1.82, 2.24) is 4.98 Å². The molecule has 40 heavy (non-hydrogen) atoms. The average molecular weight is 583 g/mol. The van der Waals surface area contributed by atoms with Gasteiger partial charge in [-0.3, -0.25) is 9.10 Å². The highest BCUT2D eigenvalue weighted by Gasteiger charge is 2.30. The number of carbonyl (C=O) groups excluding carboxylic acids is 1. The molecule has 0 unspecified atom stereocenters. The molecule has 10 nitrogen and oxygen atoms in total. The van der Waals surface area contributed by atoms with Gasteiger partial charge in [0.2, 0.25) is 5.91 Å². The van der Waals surface area contributed by atoms with Crippen LogP contribution < -0.4 is 29.1 Å². The first-order valence-electron chi connectivity index (χ1n) is 12.1. The molecule has 0 fully saturated rings. The average Bonchev–Trinajstić information content (AvgIpc) is 3.45. The zero-order valence-electron chi connectivity index (χ0n) is 22.7. The maximum absolute atomic E-state index is 14.0. The minimum absolute atomic E-state index is 0.0536. The molecule has 0 saturated heterocycles. The van der Waals surface area contributed by atoms with E-state index < -0.39 is 22.5 Å². The molecular formula is C28H30N4O6S2. The molecule has 0 atom stereocenters. The van der Waals surface area contributed by atoms with Gasteiger partial charge in [0.15, 0.2) is 5.13 Å². The molecule has 3 aromatic carbocycles. The SMILES string of the molecule is CNc1nc(-c2ccc(OC)c(NC(=O)CN(c3ccc(OC)cc3)S(=O)(=O)c3cc(C)ccc3OC)c2)cs1. The number of benzene rings is 3. The smallest absolute Gasteiger partial charge is 0.268 e. The molecule has 4 aromatic rings. The normalized spacial score (nSPS) is 11.0. The number of amides is 1. The van der Waals surface area contributed by atoms with Crippen LogP contribution in [0.3, 0.4) is 0 Å². The second kappa shape index (κ2) is 12.3. The second-order valence-corrected chi connectivity index (χ2v) is 11.3. The van der Waals surface area contributed by atoms with Gasteiger partial charge in [0.05, 0.1) is 38.4 Å². The molecule has 4 rings (SSSR count). The van der Waals surface area contributed by atoms with Crippen molar-refractivity contribution in [3.8, 4) is 28.5 Å². The minimum Gasteiger partial charge on any atom is -0.497 e. The number of nitrogens with one attached hydrogen (secondary N) is 2. The fourth-order valence-electron chi connectivity index (χ4n) is 3.97. The lowest BCUT2D eigenvalue weighted by Gasteiger charge is -2.25. The van der Waals surface area contributed by atoms with Crippen LogP contribution in [-0.4, -0.2) is 54.2 Å². The topological polar surface area (TPSA) is 119 Å². The monoisotopic (exact) mass is 582 g/mol. The number of ether oxygens (including phenoxy) is 3. The van der Waals surface area contributed by atoms with E-state index in [1.54, 1.807) is 62.5 Å². The predicted octanol–water partition coefficient (Wildman–Crippen LogP) is 5.02. The van der Waals surface area contributed by atoms with Crippen LogP contribution in [0.1, 0.15) is 5.56 Å². The summed E-state index contributed by atoms with van der Waals surface area (Å²) in [7, 11) is 1.96. The van der Waals surface area contributed by atoms with Crippen LogP contribution >= 0.6 is 11.3 Å². The number of rotatable bonds is 11. The minimum atomic E-state index is -4.23. The lowest BCUT2D eigenvalue weighted by molar-refractivity contribution is -0.114. The van der Waals surface area contributed by atoms with Crippen LogP contribution in [0.25, 0.3) is 11.3 Å². The molecule has 210 valence electrons. The maximum Gasteiger partial charge on any atom is 0.268 e. The molecule has 1 aromatic heterocycles. The van der Waals surface area contributed by atoms with E-state index in [1.807, 2.05) is 11.4 Å². The van der Waals surface area contributed by atoms with Gasteiger partial charge in [0, 0.05) is 18.0 Å². The molecule has 0 spiro atoms. The van der Waals surface area contributed by atoms with Crippen molar-refractivity contribution in [3.05, 3.63) is 71.6 Å². The Morgan fingerprint density at radius 3 is 2.27 bits per heavy atom. The lowest BCUT2D eigenvalue weighted by atomic mass is 10.1. The third kappa shape index (κ3) is 6.13. The number of carbonyl (C=O) groups is 1. The summed E-state index contributed by atoms with van der Waals surface area (Å²) >= 11 is 1.45. The molecule has 0 radical (unpaired) electrons. The van der Waals surface area contributed by atoms with E-state index >= 15 is 0 Å². The Bertz CT molecular complexity index is 1600. The van der Waals surface area contributed by atoms with Crippen molar-refractivity contribution in [3.63, 3.8) is 0 Å². The number of thiazole rings is 1. The Morgan fingerprint density at radius 2 is 1.65 bits per heavy atom.